The van der Waals surface area contributed by atoms with Crippen LogP contribution in [0.25, 0.3) is 0 Å². The van der Waals surface area contributed by atoms with Gasteiger partial charge in [0.2, 0.25) is 5.91 Å². The predicted octanol–water partition coefficient (Wildman–Crippen LogP) is 3.79. The van der Waals surface area contributed by atoms with Crippen LogP contribution in [-0.2, 0) is 17.9 Å². The van der Waals surface area contributed by atoms with Gasteiger partial charge in [-0.1, -0.05) is 44.5 Å². The molecule has 0 bridgehead atoms. The first-order chi connectivity index (χ1) is 13.5. The molecule has 1 amide bonds. The third kappa shape index (κ3) is 5.06. The molecule has 2 aliphatic heterocycles. The molecular formula is C23H36N4O. The highest BCUT2D eigenvalue weighted by Gasteiger charge is 2.31. The number of benzene rings is 1. The Morgan fingerprint density at radius 2 is 1.93 bits per heavy atom. The van der Waals surface area contributed by atoms with Crippen molar-refractivity contribution in [3.05, 3.63) is 35.4 Å². The van der Waals surface area contributed by atoms with E-state index in [0.717, 1.165) is 45.1 Å². The van der Waals surface area contributed by atoms with Gasteiger partial charge in [-0.05, 0) is 42.2 Å². The second kappa shape index (κ2) is 9.44. The molecule has 0 spiro atoms. The van der Waals surface area contributed by atoms with Gasteiger partial charge in [-0.3, -0.25) is 9.79 Å². The summed E-state index contributed by atoms with van der Waals surface area (Å²) in [4.78, 5) is 21.4. The molecule has 0 aromatic heterocycles. The molecule has 0 saturated carbocycles. The Bertz CT molecular complexity index is 673. The fraction of sp³-hybridized carbons (Fsp3) is 0.652. The van der Waals surface area contributed by atoms with Gasteiger partial charge >= 0.3 is 0 Å². The number of hydrogen-bond donors (Lipinski definition) is 1. The van der Waals surface area contributed by atoms with Gasteiger partial charge in [-0.25, -0.2) is 0 Å². The molecule has 28 heavy (non-hydrogen) atoms. The third-order valence-electron chi connectivity index (χ3n) is 6.19. The number of carbonyl (C=O) groups is 1. The summed E-state index contributed by atoms with van der Waals surface area (Å²) in [6.45, 7) is 9.13. The van der Waals surface area contributed by atoms with Crippen molar-refractivity contribution in [1.29, 1.82) is 0 Å². The van der Waals surface area contributed by atoms with E-state index >= 15 is 0 Å². The zero-order chi connectivity index (χ0) is 20.0. The van der Waals surface area contributed by atoms with E-state index in [0.29, 0.717) is 11.8 Å². The molecule has 5 heteroatoms. The highest BCUT2D eigenvalue weighted by Crippen LogP contribution is 2.33. The predicted molar refractivity (Wildman–Crippen MR) is 115 cm³/mol. The van der Waals surface area contributed by atoms with Crippen LogP contribution in [0.3, 0.4) is 0 Å². The number of carbonyl (C=O) groups excluding carboxylic acids is 1. The van der Waals surface area contributed by atoms with Crippen molar-refractivity contribution in [2.45, 2.75) is 65.5 Å². The van der Waals surface area contributed by atoms with E-state index in [9.17, 15) is 4.79 Å². The average molecular weight is 385 g/mol. The Morgan fingerprint density at radius 3 is 2.57 bits per heavy atom. The van der Waals surface area contributed by atoms with Gasteiger partial charge in [0.25, 0.3) is 0 Å². The van der Waals surface area contributed by atoms with Gasteiger partial charge in [-0.15, -0.1) is 0 Å². The molecule has 1 aromatic rings. The maximum absolute atomic E-state index is 12.5. The van der Waals surface area contributed by atoms with Crippen LogP contribution in [-0.4, -0.2) is 48.3 Å². The molecule has 1 fully saturated rings. The molecule has 1 unspecified atom stereocenters. The number of likely N-dealkylation sites (tertiary alicyclic amines) is 1. The van der Waals surface area contributed by atoms with Crippen LogP contribution in [0, 0.1) is 5.41 Å². The summed E-state index contributed by atoms with van der Waals surface area (Å²) in [5.74, 6) is 1.24. The van der Waals surface area contributed by atoms with E-state index in [1.165, 1.54) is 36.8 Å². The van der Waals surface area contributed by atoms with Gasteiger partial charge in [0.1, 0.15) is 0 Å². The zero-order valence-corrected chi connectivity index (χ0v) is 17.8. The Morgan fingerprint density at radius 1 is 1.21 bits per heavy atom. The maximum Gasteiger partial charge on any atom is 0.223 e. The number of nitrogens with one attached hydrogen (secondary N) is 1. The number of nitrogens with zero attached hydrogens (tertiary/aromatic N) is 3. The lowest BCUT2D eigenvalue weighted by molar-refractivity contribution is -0.131. The van der Waals surface area contributed by atoms with Gasteiger partial charge < -0.3 is 15.1 Å². The van der Waals surface area contributed by atoms with Gasteiger partial charge in [0, 0.05) is 46.2 Å². The van der Waals surface area contributed by atoms with E-state index in [1.54, 1.807) is 0 Å². The summed E-state index contributed by atoms with van der Waals surface area (Å²) in [5, 5.41) is 3.49. The van der Waals surface area contributed by atoms with E-state index < -0.39 is 0 Å². The highest BCUT2D eigenvalue weighted by molar-refractivity contribution is 5.80. The van der Waals surface area contributed by atoms with Crippen molar-refractivity contribution < 1.29 is 4.79 Å². The topological polar surface area (TPSA) is 47.9 Å². The molecule has 0 radical (unpaired) electrons. The van der Waals surface area contributed by atoms with E-state index in [2.05, 4.69) is 53.3 Å². The largest absolute Gasteiger partial charge is 0.356 e. The zero-order valence-electron chi connectivity index (χ0n) is 17.8. The molecular weight excluding hydrogens is 348 g/mol. The number of fused-ring (bicyclic) bond motifs is 1. The third-order valence-corrected chi connectivity index (χ3v) is 6.19. The highest BCUT2D eigenvalue weighted by atomic mass is 16.2. The lowest BCUT2D eigenvalue weighted by atomic mass is 9.78. The van der Waals surface area contributed by atoms with Crippen molar-refractivity contribution in [2.24, 2.45) is 10.4 Å². The van der Waals surface area contributed by atoms with Crippen molar-refractivity contribution in [3.63, 3.8) is 0 Å². The van der Waals surface area contributed by atoms with E-state index in [1.807, 2.05) is 11.9 Å². The molecule has 3 rings (SSSR count). The molecule has 1 N–H and O–H groups in total. The summed E-state index contributed by atoms with van der Waals surface area (Å²) in [7, 11) is 1.86. The van der Waals surface area contributed by atoms with E-state index in [-0.39, 0.29) is 5.91 Å². The van der Waals surface area contributed by atoms with Gasteiger partial charge in [0.05, 0.1) is 0 Å². The van der Waals surface area contributed by atoms with Crippen LogP contribution >= 0.6 is 0 Å². The average Bonchev–Trinajstić information content (AvgIpc) is 3.12. The van der Waals surface area contributed by atoms with Crippen LogP contribution in [0.15, 0.2) is 29.3 Å². The Hall–Kier alpha value is -2.04. The van der Waals surface area contributed by atoms with Crippen LogP contribution in [0.2, 0.25) is 0 Å². The molecule has 1 saturated heterocycles. The van der Waals surface area contributed by atoms with Crippen molar-refractivity contribution in [2.75, 3.05) is 26.7 Å². The number of amides is 1. The van der Waals surface area contributed by atoms with Crippen LogP contribution in [0.1, 0.15) is 63.5 Å². The van der Waals surface area contributed by atoms with Crippen molar-refractivity contribution in [1.82, 2.24) is 15.1 Å². The van der Waals surface area contributed by atoms with Crippen molar-refractivity contribution in [3.8, 4) is 0 Å². The van der Waals surface area contributed by atoms with Crippen molar-refractivity contribution >= 4 is 11.9 Å². The quantitative estimate of drug-likeness (QED) is 0.461. The number of piperidine rings is 1. The summed E-state index contributed by atoms with van der Waals surface area (Å²) in [6, 6.07) is 8.35. The SMILES string of the molecule is CCCC1(C)CCCN(C(=NC)NCCCC(=O)N2Cc3ccccc3C2)C1. The standard InChI is InChI=1S/C23H36N4O/c1-4-12-23(2)13-8-15-26(18-23)22(24-3)25-14-7-11-21(28)27-16-19-9-5-6-10-20(19)17-27/h5-6,9-10H,4,7-8,11-18H2,1-3H3,(H,24,25). The number of rotatable bonds is 6. The minimum atomic E-state index is 0.251. The summed E-state index contributed by atoms with van der Waals surface area (Å²) in [6.07, 6.45) is 6.47. The molecule has 154 valence electrons. The monoisotopic (exact) mass is 384 g/mol. The fourth-order valence-corrected chi connectivity index (χ4v) is 4.74. The minimum absolute atomic E-state index is 0.251. The van der Waals surface area contributed by atoms with Crippen LogP contribution < -0.4 is 5.32 Å². The number of hydrogen-bond acceptors (Lipinski definition) is 2. The molecule has 1 aromatic carbocycles. The van der Waals surface area contributed by atoms with Gasteiger partial charge in [0.15, 0.2) is 5.96 Å². The molecule has 0 aliphatic carbocycles. The number of aliphatic imine (C=N–C) groups is 1. The van der Waals surface area contributed by atoms with Gasteiger partial charge in [-0.2, -0.15) is 0 Å². The maximum atomic E-state index is 12.5. The molecule has 2 heterocycles. The first kappa shape index (κ1) is 20.7. The smallest absolute Gasteiger partial charge is 0.223 e. The molecule has 5 nitrogen and oxygen atoms in total. The number of guanidine groups is 1. The summed E-state index contributed by atoms with van der Waals surface area (Å²) < 4.78 is 0. The molecule has 1 atom stereocenters. The normalized spacial score (nSPS) is 22.3. The molecule has 2 aliphatic rings. The first-order valence-electron chi connectivity index (χ1n) is 10.8. The first-order valence-corrected chi connectivity index (χ1v) is 10.8. The lowest BCUT2D eigenvalue weighted by Crippen LogP contribution is -2.50. The minimum Gasteiger partial charge on any atom is -0.356 e. The summed E-state index contributed by atoms with van der Waals surface area (Å²) in [5.41, 5.74) is 2.97. The summed E-state index contributed by atoms with van der Waals surface area (Å²) >= 11 is 0. The van der Waals surface area contributed by atoms with E-state index in [4.69, 9.17) is 0 Å². The second-order valence-electron chi connectivity index (χ2n) is 8.68. The van der Waals surface area contributed by atoms with Crippen LogP contribution in [0.5, 0.6) is 0 Å². The Balaban J connectivity index is 1.41. The Labute approximate surface area is 170 Å². The second-order valence-corrected chi connectivity index (χ2v) is 8.68. The lowest BCUT2D eigenvalue weighted by Gasteiger charge is -2.42. The fourth-order valence-electron chi connectivity index (χ4n) is 4.74. The Kier molecular flexibility index (Phi) is 6.97. The van der Waals surface area contributed by atoms with Crippen LogP contribution in [0.4, 0.5) is 0 Å².